The average molecular weight is 398 g/mol. The van der Waals surface area contributed by atoms with Crippen LogP contribution in [-0.2, 0) is 12.8 Å². The van der Waals surface area contributed by atoms with Crippen molar-refractivity contribution in [1.29, 1.82) is 0 Å². The van der Waals surface area contributed by atoms with Gasteiger partial charge < -0.3 is 5.11 Å². The fourth-order valence-corrected chi connectivity index (χ4v) is 2.95. The van der Waals surface area contributed by atoms with E-state index in [0.717, 1.165) is 24.8 Å². The number of hydrogen-bond donors (Lipinski definition) is 1. The minimum atomic E-state index is -0.701. The maximum absolute atomic E-state index is 12.9. The summed E-state index contributed by atoms with van der Waals surface area (Å²) in [5.41, 5.74) is 1.64. The molecule has 0 saturated carbocycles. The number of aryl methyl sites for hydroxylation is 2. The summed E-state index contributed by atoms with van der Waals surface area (Å²) in [5.74, 6) is -0.218. The molecule has 0 spiro atoms. The fourth-order valence-electron chi connectivity index (χ4n) is 2.29. The fraction of sp³-hybridized carbons (Fsp3) is 0.333. The molecule has 0 aliphatic carbocycles. The molecule has 0 amide bonds. The van der Waals surface area contributed by atoms with Crippen molar-refractivity contribution < 1.29 is 9.50 Å². The Labute approximate surface area is 139 Å². The average Bonchev–Trinajstić information content (AvgIpc) is 2.46. The van der Waals surface area contributed by atoms with E-state index in [1.165, 1.54) is 21.3 Å². The van der Waals surface area contributed by atoms with Gasteiger partial charge in [0.05, 0.1) is 5.60 Å². The molecule has 2 aromatic rings. The minimum Gasteiger partial charge on any atom is -0.390 e. The van der Waals surface area contributed by atoms with Crippen LogP contribution in [0.15, 0.2) is 48.5 Å². The van der Waals surface area contributed by atoms with Crippen molar-refractivity contribution in [1.82, 2.24) is 0 Å². The van der Waals surface area contributed by atoms with Crippen LogP contribution in [0.2, 0.25) is 0 Å². The molecule has 0 heterocycles. The SMILES string of the molecule is CC(O)(CCc1ccc(F)cc1)CCc1ccccc1I. The van der Waals surface area contributed by atoms with Crippen LogP contribution in [0, 0.1) is 9.39 Å². The van der Waals surface area contributed by atoms with Crippen LogP contribution < -0.4 is 0 Å². The molecule has 0 saturated heterocycles. The third-order valence-electron chi connectivity index (χ3n) is 3.76. The van der Waals surface area contributed by atoms with Crippen molar-refractivity contribution in [3.05, 3.63) is 69.0 Å². The summed E-state index contributed by atoms with van der Waals surface area (Å²) in [6.07, 6.45) is 3.05. The van der Waals surface area contributed by atoms with Gasteiger partial charge in [0, 0.05) is 3.57 Å². The molecule has 21 heavy (non-hydrogen) atoms. The van der Waals surface area contributed by atoms with Gasteiger partial charge in [-0.3, -0.25) is 0 Å². The van der Waals surface area contributed by atoms with Crippen LogP contribution in [0.1, 0.15) is 30.9 Å². The zero-order chi connectivity index (χ0) is 15.3. The Morgan fingerprint density at radius 2 is 1.62 bits per heavy atom. The lowest BCUT2D eigenvalue weighted by Gasteiger charge is -2.23. The second-order valence-electron chi connectivity index (χ2n) is 5.71. The van der Waals surface area contributed by atoms with Crippen molar-refractivity contribution in [2.24, 2.45) is 0 Å². The maximum Gasteiger partial charge on any atom is 0.123 e. The van der Waals surface area contributed by atoms with Gasteiger partial charge in [-0.25, -0.2) is 4.39 Å². The van der Waals surface area contributed by atoms with E-state index in [2.05, 4.69) is 34.7 Å². The van der Waals surface area contributed by atoms with E-state index in [9.17, 15) is 9.50 Å². The van der Waals surface area contributed by atoms with Crippen LogP contribution in [-0.4, -0.2) is 10.7 Å². The van der Waals surface area contributed by atoms with Crippen molar-refractivity contribution >= 4 is 22.6 Å². The molecule has 1 atom stereocenters. The summed E-state index contributed by atoms with van der Waals surface area (Å²) in [6, 6.07) is 14.8. The van der Waals surface area contributed by atoms with Crippen LogP contribution in [0.3, 0.4) is 0 Å². The molecule has 2 rings (SSSR count). The van der Waals surface area contributed by atoms with E-state index in [1.807, 2.05) is 19.1 Å². The summed E-state index contributed by atoms with van der Waals surface area (Å²) >= 11 is 2.33. The van der Waals surface area contributed by atoms with Crippen LogP contribution in [0.4, 0.5) is 4.39 Å². The highest BCUT2D eigenvalue weighted by atomic mass is 127. The van der Waals surface area contributed by atoms with Crippen molar-refractivity contribution in [2.75, 3.05) is 0 Å². The van der Waals surface area contributed by atoms with E-state index in [0.29, 0.717) is 6.42 Å². The Kier molecular flexibility index (Phi) is 5.76. The van der Waals surface area contributed by atoms with Gasteiger partial charge in [0.15, 0.2) is 0 Å². The highest BCUT2D eigenvalue weighted by Crippen LogP contribution is 2.22. The Bertz CT molecular complexity index is 578. The van der Waals surface area contributed by atoms with Gasteiger partial charge >= 0.3 is 0 Å². The Balaban J connectivity index is 1.87. The Morgan fingerprint density at radius 3 is 2.29 bits per heavy atom. The highest BCUT2D eigenvalue weighted by Gasteiger charge is 2.20. The smallest absolute Gasteiger partial charge is 0.123 e. The summed E-state index contributed by atoms with van der Waals surface area (Å²) in [4.78, 5) is 0. The van der Waals surface area contributed by atoms with Crippen LogP contribution in [0.5, 0.6) is 0 Å². The van der Waals surface area contributed by atoms with Crippen molar-refractivity contribution in [2.45, 2.75) is 38.2 Å². The third-order valence-corrected chi connectivity index (χ3v) is 4.81. The van der Waals surface area contributed by atoms with E-state index in [1.54, 1.807) is 12.1 Å². The molecular formula is C18H20FIO. The van der Waals surface area contributed by atoms with E-state index < -0.39 is 5.60 Å². The van der Waals surface area contributed by atoms with Crippen LogP contribution in [0.25, 0.3) is 0 Å². The van der Waals surface area contributed by atoms with Gasteiger partial charge in [-0.1, -0.05) is 30.3 Å². The molecule has 0 aromatic heterocycles. The van der Waals surface area contributed by atoms with Gasteiger partial charge in [-0.2, -0.15) is 0 Å². The van der Waals surface area contributed by atoms with Gasteiger partial charge in [0.2, 0.25) is 0 Å². The van der Waals surface area contributed by atoms with E-state index >= 15 is 0 Å². The van der Waals surface area contributed by atoms with Crippen molar-refractivity contribution in [3.63, 3.8) is 0 Å². The number of aliphatic hydroxyl groups is 1. The molecule has 0 bridgehead atoms. The monoisotopic (exact) mass is 398 g/mol. The molecule has 3 heteroatoms. The zero-order valence-corrected chi connectivity index (χ0v) is 14.3. The predicted molar refractivity (Wildman–Crippen MR) is 92.8 cm³/mol. The second-order valence-corrected chi connectivity index (χ2v) is 6.88. The number of hydrogen-bond acceptors (Lipinski definition) is 1. The quantitative estimate of drug-likeness (QED) is 0.697. The van der Waals surface area contributed by atoms with Gasteiger partial charge in [-0.05, 0) is 84.5 Å². The lowest BCUT2D eigenvalue weighted by molar-refractivity contribution is 0.0425. The number of rotatable bonds is 6. The van der Waals surface area contributed by atoms with E-state index in [-0.39, 0.29) is 5.82 Å². The summed E-state index contributed by atoms with van der Waals surface area (Å²) in [6.45, 7) is 1.88. The lowest BCUT2D eigenvalue weighted by Crippen LogP contribution is -2.25. The first-order valence-electron chi connectivity index (χ1n) is 7.16. The van der Waals surface area contributed by atoms with Gasteiger partial charge in [0.25, 0.3) is 0 Å². The lowest BCUT2D eigenvalue weighted by atomic mass is 9.90. The minimum absolute atomic E-state index is 0.218. The molecule has 0 aliphatic rings. The predicted octanol–water partition coefficient (Wildman–Crippen LogP) is 4.75. The zero-order valence-electron chi connectivity index (χ0n) is 12.2. The first kappa shape index (κ1) is 16.4. The number of halogens is 2. The van der Waals surface area contributed by atoms with Crippen LogP contribution >= 0.6 is 22.6 Å². The molecule has 2 aromatic carbocycles. The molecule has 0 fully saturated rings. The molecule has 1 unspecified atom stereocenters. The Hall–Kier alpha value is -0.940. The molecular weight excluding hydrogens is 378 g/mol. The van der Waals surface area contributed by atoms with Crippen molar-refractivity contribution in [3.8, 4) is 0 Å². The standard InChI is InChI=1S/C18H20FIO/c1-18(21,12-10-14-6-8-16(19)9-7-14)13-11-15-4-2-3-5-17(15)20/h2-9,21H,10-13H2,1H3. The molecule has 0 aliphatic heterocycles. The first-order valence-corrected chi connectivity index (χ1v) is 8.24. The van der Waals surface area contributed by atoms with Gasteiger partial charge in [-0.15, -0.1) is 0 Å². The normalized spacial score (nSPS) is 13.9. The second kappa shape index (κ2) is 7.36. The van der Waals surface area contributed by atoms with Gasteiger partial charge in [0.1, 0.15) is 5.82 Å². The molecule has 0 radical (unpaired) electrons. The summed E-state index contributed by atoms with van der Waals surface area (Å²) in [5, 5.41) is 10.5. The molecule has 1 nitrogen and oxygen atoms in total. The third kappa shape index (κ3) is 5.40. The topological polar surface area (TPSA) is 20.2 Å². The Morgan fingerprint density at radius 1 is 1.00 bits per heavy atom. The highest BCUT2D eigenvalue weighted by molar-refractivity contribution is 14.1. The van der Waals surface area contributed by atoms with E-state index in [4.69, 9.17) is 0 Å². The number of benzene rings is 2. The largest absolute Gasteiger partial charge is 0.390 e. The molecule has 112 valence electrons. The summed E-state index contributed by atoms with van der Waals surface area (Å²) in [7, 11) is 0. The molecule has 1 N–H and O–H groups in total. The maximum atomic E-state index is 12.9. The first-order chi connectivity index (χ1) is 9.96. The summed E-state index contributed by atoms with van der Waals surface area (Å²) < 4.78 is 14.1.